The number of aliphatic carboxylic acids is 1. The van der Waals surface area contributed by atoms with Crippen LogP contribution in [-0.4, -0.2) is 55.4 Å². The van der Waals surface area contributed by atoms with Crippen molar-refractivity contribution in [2.75, 3.05) is 31.1 Å². The molecule has 0 fully saturated rings. The van der Waals surface area contributed by atoms with Gasteiger partial charge in [-0.25, -0.2) is 4.79 Å². The largest absolute Gasteiger partial charge is 0.495 e. The molecule has 4 rings (SSSR count). The zero-order valence-corrected chi connectivity index (χ0v) is 24.7. The van der Waals surface area contributed by atoms with Crippen LogP contribution in [0.4, 0.5) is 16.2 Å². The van der Waals surface area contributed by atoms with Crippen LogP contribution in [0.25, 0.3) is 0 Å². The average molecular weight is 605 g/mol. The van der Waals surface area contributed by atoms with Gasteiger partial charge in [0.1, 0.15) is 11.8 Å². The number of carboxylic acid groups (broad SMARTS) is 1. The molecule has 44 heavy (non-hydrogen) atoms. The zero-order valence-electron chi connectivity index (χ0n) is 24.7. The molecule has 4 amide bonds. The minimum atomic E-state index is -1.11. The summed E-state index contributed by atoms with van der Waals surface area (Å²) in [5.74, 6) is -1.63. The molecule has 1 aliphatic rings. The number of para-hydroxylation sites is 1. The summed E-state index contributed by atoms with van der Waals surface area (Å²) in [5, 5.41) is 20.8. The second kappa shape index (κ2) is 14.8. The number of ether oxygens (including phenoxy) is 3. The van der Waals surface area contributed by atoms with Gasteiger partial charge in [-0.15, -0.1) is 0 Å². The number of hydrogen-bond donors (Lipinski definition) is 5. The number of benzene rings is 3. The highest BCUT2D eigenvalue weighted by atomic mass is 16.7. The summed E-state index contributed by atoms with van der Waals surface area (Å²) in [6.45, 7) is 3.72. The lowest BCUT2D eigenvalue weighted by molar-refractivity contribution is -0.139. The maximum atomic E-state index is 13.2. The van der Waals surface area contributed by atoms with Gasteiger partial charge in [0.15, 0.2) is 11.5 Å². The van der Waals surface area contributed by atoms with Gasteiger partial charge in [0, 0.05) is 12.2 Å². The van der Waals surface area contributed by atoms with Crippen molar-refractivity contribution in [1.29, 1.82) is 0 Å². The van der Waals surface area contributed by atoms with E-state index < -0.39 is 35.8 Å². The zero-order chi connectivity index (χ0) is 31.6. The Labute approximate surface area is 255 Å². The fraction of sp³-hybridized carbons (Fsp3) is 0.312. The lowest BCUT2D eigenvalue weighted by Gasteiger charge is -2.22. The smallest absolute Gasteiger partial charge is 0.323 e. The van der Waals surface area contributed by atoms with Gasteiger partial charge in [-0.05, 0) is 59.9 Å². The highest BCUT2D eigenvalue weighted by Gasteiger charge is 2.27. The first kappa shape index (κ1) is 31.7. The highest BCUT2D eigenvalue weighted by Crippen LogP contribution is 2.34. The van der Waals surface area contributed by atoms with E-state index in [1.54, 1.807) is 60.7 Å². The maximum absolute atomic E-state index is 13.2. The van der Waals surface area contributed by atoms with E-state index in [9.17, 15) is 24.3 Å². The molecule has 0 radical (unpaired) electrons. The summed E-state index contributed by atoms with van der Waals surface area (Å²) in [5.41, 5.74) is 2.10. The molecule has 5 N–H and O–H groups in total. The Balaban J connectivity index is 1.36. The molecule has 3 aromatic carbocycles. The fourth-order valence-corrected chi connectivity index (χ4v) is 4.69. The van der Waals surface area contributed by atoms with Gasteiger partial charge in [-0.1, -0.05) is 44.2 Å². The Kier molecular flexibility index (Phi) is 10.6. The van der Waals surface area contributed by atoms with Gasteiger partial charge in [-0.3, -0.25) is 14.4 Å². The highest BCUT2D eigenvalue weighted by molar-refractivity contribution is 6.00. The predicted octanol–water partition coefficient (Wildman–Crippen LogP) is 4.13. The van der Waals surface area contributed by atoms with E-state index in [2.05, 4.69) is 21.3 Å². The molecule has 0 unspecified atom stereocenters. The number of carbonyl (C=O) groups is 4. The van der Waals surface area contributed by atoms with Crippen molar-refractivity contribution in [1.82, 2.24) is 10.6 Å². The molecule has 0 aromatic heterocycles. The third-order valence-electron chi connectivity index (χ3n) is 6.85. The number of fused-ring (bicyclic) bond motifs is 1. The van der Waals surface area contributed by atoms with Gasteiger partial charge >= 0.3 is 12.0 Å². The molecule has 0 spiro atoms. The maximum Gasteiger partial charge on any atom is 0.323 e. The fourth-order valence-electron chi connectivity index (χ4n) is 4.69. The Morgan fingerprint density at radius 3 is 2.39 bits per heavy atom. The number of nitrogens with one attached hydrogen (secondary N) is 4. The Hall–Kier alpha value is -5.26. The number of rotatable bonds is 13. The monoisotopic (exact) mass is 604 g/mol. The van der Waals surface area contributed by atoms with Crippen molar-refractivity contribution in [3.63, 3.8) is 0 Å². The van der Waals surface area contributed by atoms with Crippen LogP contribution < -0.4 is 35.5 Å². The second-order valence-corrected chi connectivity index (χ2v) is 10.7. The lowest BCUT2D eigenvalue weighted by Crippen LogP contribution is -2.49. The van der Waals surface area contributed by atoms with E-state index in [1.165, 1.54) is 7.11 Å². The van der Waals surface area contributed by atoms with Crippen LogP contribution >= 0.6 is 0 Å². The minimum absolute atomic E-state index is 0.0519. The summed E-state index contributed by atoms with van der Waals surface area (Å²) in [6, 6.07) is 17.4. The van der Waals surface area contributed by atoms with Crippen molar-refractivity contribution in [3.8, 4) is 17.2 Å². The second-order valence-electron chi connectivity index (χ2n) is 10.7. The van der Waals surface area contributed by atoms with Gasteiger partial charge < -0.3 is 40.6 Å². The van der Waals surface area contributed by atoms with E-state index >= 15 is 0 Å². The summed E-state index contributed by atoms with van der Waals surface area (Å²) in [6.07, 6.45) is 0.297. The number of hydrogen-bond acceptors (Lipinski definition) is 7. The van der Waals surface area contributed by atoms with Crippen LogP contribution in [0.2, 0.25) is 0 Å². The van der Waals surface area contributed by atoms with Crippen LogP contribution in [0.15, 0.2) is 66.7 Å². The normalized spacial score (nSPS) is 13.0. The van der Waals surface area contributed by atoms with Crippen molar-refractivity contribution >= 4 is 35.2 Å². The molecular weight excluding hydrogens is 568 g/mol. The van der Waals surface area contributed by atoms with Crippen molar-refractivity contribution in [2.45, 2.75) is 38.6 Å². The van der Waals surface area contributed by atoms with Gasteiger partial charge in [0.25, 0.3) is 0 Å². The van der Waals surface area contributed by atoms with E-state index in [0.29, 0.717) is 46.2 Å². The number of urea groups is 1. The summed E-state index contributed by atoms with van der Waals surface area (Å²) in [7, 11) is 1.45. The van der Waals surface area contributed by atoms with Crippen LogP contribution in [0.5, 0.6) is 17.2 Å². The number of carbonyl (C=O) groups excluding carboxylic acids is 3. The first-order valence-corrected chi connectivity index (χ1v) is 14.1. The molecule has 3 aromatic rings. The molecule has 0 saturated carbocycles. The third-order valence-corrected chi connectivity index (χ3v) is 6.85. The summed E-state index contributed by atoms with van der Waals surface area (Å²) in [4.78, 5) is 50.6. The molecule has 0 saturated heterocycles. The van der Waals surface area contributed by atoms with E-state index in [4.69, 9.17) is 14.2 Å². The van der Waals surface area contributed by atoms with Crippen LogP contribution in [0, 0.1) is 5.92 Å². The molecule has 0 bridgehead atoms. The number of methoxy groups -OCH3 is 1. The molecule has 1 aliphatic heterocycles. The van der Waals surface area contributed by atoms with Gasteiger partial charge in [0.05, 0.1) is 25.1 Å². The van der Waals surface area contributed by atoms with E-state index in [1.807, 2.05) is 19.9 Å². The molecule has 12 heteroatoms. The van der Waals surface area contributed by atoms with Crippen LogP contribution in [-0.2, 0) is 20.8 Å². The summed E-state index contributed by atoms with van der Waals surface area (Å²) < 4.78 is 16.1. The number of carboxylic acids is 1. The van der Waals surface area contributed by atoms with Crippen LogP contribution in [0.3, 0.4) is 0 Å². The molecule has 0 aliphatic carbocycles. The number of anilines is 2. The Morgan fingerprint density at radius 1 is 0.932 bits per heavy atom. The Morgan fingerprint density at radius 2 is 1.68 bits per heavy atom. The Bertz CT molecular complexity index is 1490. The van der Waals surface area contributed by atoms with Crippen LogP contribution in [0.1, 0.15) is 37.3 Å². The quantitative estimate of drug-likeness (QED) is 0.194. The van der Waals surface area contributed by atoms with Gasteiger partial charge in [0.2, 0.25) is 18.6 Å². The van der Waals surface area contributed by atoms with Gasteiger partial charge in [-0.2, -0.15) is 0 Å². The standard InChI is InChI=1S/C32H36N4O8/c1-19(2)13-25(30(38)33-17-23(31(39)40)21-10-12-26-28(16-21)44-18-43-26)35-29(37)15-20-9-11-24(27(14-20)42-3)36-32(41)34-22-7-5-4-6-8-22/h4-12,14,16,19,23,25H,13,15,17-18H2,1-3H3,(H,33,38)(H,35,37)(H,39,40)(H2,34,36,41)/t23-,25+/m1/s1. The van der Waals surface area contributed by atoms with Crippen molar-refractivity contribution < 1.29 is 38.5 Å². The molecular formula is C32H36N4O8. The number of amides is 4. The molecule has 1 heterocycles. The first-order valence-electron chi connectivity index (χ1n) is 14.1. The minimum Gasteiger partial charge on any atom is -0.495 e. The average Bonchev–Trinajstić information content (AvgIpc) is 3.46. The molecule has 232 valence electrons. The van der Waals surface area contributed by atoms with Crippen molar-refractivity contribution in [3.05, 3.63) is 77.9 Å². The topological polar surface area (TPSA) is 164 Å². The third kappa shape index (κ3) is 8.63. The first-order chi connectivity index (χ1) is 21.1. The molecule has 12 nitrogen and oxygen atoms in total. The summed E-state index contributed by atoms with van der Waals surface area (Å²) >= 11 is 0. The SMILES string of the molecule is COc1cc(CC(=O)N[C@@H](CC(C)C)C(=O)NC[C@@H](C(=O)O)c2ccc3c(c2)OCO3)ccc1NC(=O)Nc1ccccc1. The predicted molar refractivity (Wildman–Crippen MR) is 163 cm³/mol. The van der Waals surface area contributed by atoms with Crippen molar-refractivity contribution in [2.24, 2.45) is 5.92 Å². The van der Waals surface area contributed by atoms with E-state index in [0.717, 1.165) is 0 Å². The lowest BCUT2D eigenvalue weighted by atomic mass is 9.98. The van der Waals surface area contributed by atoms with E-state index in [-0.39, 0.29) is 25.7 Å². The molecule has 2 atom stereocenters.